The molecule has 0 unspecified atom stereocenters. The second kappa shape index (κ2) is 8.64. The Morgan fingerprint density at radius 3 is 2.56 bits per heavy atom. The predicted molar refractivity (Wildman–Crippen MR) is 120 cm³/mol. The van der Waals surface area contributed by atoms with E-state index in [4.69, 9.17) is 0 Å². The first-order chi connectivity index (χ1) is 15.4. The minimum Gasteiger partial charge on any atom is -0.375 e. The molecule has 0 fully saturated rings. The van der Waals surface area contributed by atoms with Crippen LogP contribution in [0.3, 0.4) is 0 Å². The molecule has 2 heterocycles. The van der Waals surface area contributed by atoms with Gasteiger partial charge in [-0.25, -0.2) is 4.98 Å². The van der Waals surface area contributed by atoms with Crippen LogP contribution in [0.2, 0.25) is 0 Å². The first-order valence-electron chi connectivity index (χ1n) is 9.61. The Balaban J connectivity index is 1.52. The van der Waals surface area contributed by atoms with E-state index < -0.39 is 10.5 Å². The van der Waals surface area contributed by atoms with Crippen LogP contribution in [0.1, 0.15) is 15.9 Å². The van der Waals surface area contributed by atoms with Gasteiger partial charge in [-0.2, -0.15) is 0 Å². The van der Waals surface area contributed by atoms with E-state index >= 15 is 0 Å². The molecule has 0 radical (unpaired) electrons. The van der Waals surface area contributed by atoms with Crippen LogP contribution in [0.5, 0.6) is 0 Å². The zero-order chi connectivity index (χ0) is 22.7. The third kappa shape index (κ3) is 4.15. The molecule has 2 aromatic carbocycles. The highest BCUT2D eigenvalue weighted by Crippen LogP contribution is 2.28. The summed E-state index contributed by atoms with van der Waals surface area (Å²) in [5.41, 5.74) is 2.05. The number of anilines is 2. The molecule has 4 rings (SSSR count). The molecule has 0 aliphatic heterocycles. The monoisotopic (exact) mass is 430 g/mol. The van der Waals surface area contributed by atoms with Crippen molar-refractivity contribution in [2.75, 3.05) is 17.3 Å². The van der Waals surface area contributed by atoms with E-state index in [-0.39, 0.29) is 22.7 Å². The van der Waals surface area contributed by atoms with Crippen molar-refractivity contribution in [1.29, 1.82) is 0 Å². The van der Waals surface area contributed by atoms with Crippen LogP contribution in [0.25, 0.3) is 10.9 Å². The maximum atomic E-state index is 12.6. The fourth-order valence-electron chi connectivity index (χ4n) is 3.24. The Hall–Kier alpha value is -4.60. The molecule has 4 aromatic rings. The molecular weight excluding hydrogens is 412 g/mol. The largest absolute Gasteiger partial charge is 0.375 e. The lowest BCUT2D eigenvalue weighted by atomic mass is 10.1. The molecule has 160 valence electrons. The summed E-state index contributed by atoms with van der Waals surface area (Å²) in [6, 6.07) is 13.2. The van der Waals surface area contributed by atoms with Crippen molar-refractivity contribution in [1.82, 2.24) is 15.0 Å². The average Bonchev–Trinajstić information content (AvgIpc) is 2.82. The number of H-pyrrole nitrogens is 1. The highest BCUT2D eigenvalue weighted by molar-refractivity contribution is 6.05. The number of rotatable bonds is 6. The number of carbonyl (C=O) groups is 1. The highest BCUT2D eigenvalue weighted by atomic mass is 16.6. The zero-order valence-corrected chi connectivity index (χ0v) is 17.0. The number of nitro groups is 1. The molecule has 0 spiro atoms. The quantitative estimate of drug-likeness (QED) is 0.354. The Morgan fingerprint density at radius 1 is 1.16 bits per heavy atom. The number of aromatic amines is 1. The fraction of sp³-hybridized carbons (Fsp3) is 0.0909. The van der Waals surface area contributed by atoms with Crippen molar-refractivity contribution in [3.8, 4) is 0 Å². The second-order valence-corrected chi connectivity index (χ2v) is 7.00. The van der Waals surface area contributed by atoms with Crippen LogP contribution in [-0.4, -0.2) is 32.8 Å². The molecule has 2 N–H and O–H groups in total. The van der Waals surface area contributed by atoms with Gasteiger partial charge < -0.3 is 15.2 Å². The minimum absolute atomic E-state index is 0.149. The SMILES string of the molecule is CN(C(=O)c1ccncc1)c1ccc(CNc2cc3nc[nH]c(=O)c3cc2[N+](=O)[O-])cc1. The number of nitrogens with one attached hydrogen (secondary N) is 2. The van der Waals surface area contributed by atoms with Crippen molar-refractivity contribution >= 4 is 33.9 Å². The molecule has 10 nitrogen and oxygen atoms in total. The first-order valence-corrected chi connectivity index (χ1v) is 9.61. The van der Waals surface area contributed by atoms with Crippen LogP contribution in [-0.2, 0) is 6.54 Å². The summed E-state index contributed by atoms with van der Waals surface area (Å²) in [6.45, 7) is 0.303. The van der Waals surface area contributed by atoms with Crippen LogP contribution in [0.4, 0.5) is 17.1 Å². The summed E-state index contributed by atoms with van der Waals surface area (Å²) in [5, 5.41) is 14.7. The summed E-state index contributed by atoms with van der Waals surface area (Å²) in [4.78, 5) is 47.3. The number of hydrogen-bond donors (Lipinski definition) is 2. The fourth-order valence-corrected chi connectivity index (χ4v) is 3.24. The van der Waals surface area contributed by atoms with Crippen molar-refractivity contribution in [3.05, 3.63) is 98.8 Å². The first kappa shape index (κ1) is 20.7. The summed E-state index contributed by atoms with van der Waals surface area (Å²) in [6.07, 6.45) is 4.38. The van der Waals surface area contributed by atoms with Crippen molar-refractivity contribution in [2.24, 2.45) is 0 Å². The van der Waals surface area contributed by atoms with Gasteiger partial charge in [0.2, 0.25) is 0 Å². The van der Waals surface area contributed by atoms with Gasteiger partial charge in [-0.15, -0.1) is 0 Å². The number of benzene rings is 2. The van der Waals surface area contributed by atoms with Crippen LogP contribution >= 0.6 is 0 Å². The Bertz CT molecular complexity index is 1350. The van der Waals surface area contributed by atoms with Crippen LogP contribution in [0, 0.1) is 10.1 Å². The van der Waals surface area contributed by atoms with Gasteiger partial charge in [-0.1, -0.05) is 12.1 Å². The van der Waals surface area contributed by atoms with Gasteiger partial charge in [0, 0.05) is 43.3 Å². The molecule has 1 amide bonds. The number of fused-ring (bicyclic) bond motifs is 1. The molecule has 0 bridgehead atoms. The van der Waals surface area contributed by atoms with E-state index in [0.29, 0.717) is 23.3 Å². The molecular formula is C22H18N6O4. The van der Waals surface area contributed by atoms with Gasteiger partial charge in [-0.3, -0.25) is 24.7 Å². The number of nitro benzene ring substituents is 1. The molecule has 0 saturated carbocycles. The van der Waals surface area contributed by atoms with Gasteiger partial charge in [-0.05, 0) is 35.9 Å². The smallest absolute Gasteiger partial charge is 0.293 e. The van der Waals surface area contributed by atoms with Gasteiger partial charge in [0.25, 0.3) is 17.2 Å². The normalized spacial score (nSPS) is 10.7. The highest BCUT2D eigenvalue weighted by Gasteiger charge is 2.17. The minimum atomic E-state index is -0.545. The lowest BCUT2D eigenvalue weighted by molar-refractivity contribution is -0.383. The standard InChI is InChI=1S/C22H18N6O4/c1-27(22(30)15-6-8-23-9-7-15)16-4-2-14(3-5-16)12-24-19-11-18-17(10-20(19)28(31)32)21(29)26-13-25-18/h2-11,13,24H,12H2,1H3,(H,25,26,29). The van der Waals surface area contributed by atoms with Crippen molar-refractivity contribution in [2.45, 2.75) is 6.54 Å². The Kier molecular flexibility index (Phi) is 5.58. The topological polar surface area (TPSA) is 134 Å². The maximum absolute atomic E-state index is 12.6. The van der Waals surface area contributed by atoms with Crippen LogP contribution < -0.4 is 15.8 Å². The predicted octanol–water partition coefficient (Wildman–Crippen LogP) is 3.12. The maximum Gasteiger partial charge on any atom is 0.293 e. The molecule has 0 saturated heterocycles. The van der Waals surface area contributed by atoms with Gasteiger partial charge in [0.1, 0.15) is 5.69 Å². The molecule has 10 heteroatoms. The molecule has 0 aliphatic rings. The molecule has 0 atom stereocenters. The molecule has 32 heavy (non-hydrogen) atoms. The summed E-state index contributed by atoms with van der Waals surface area (Å²) in [7, 11) is 1.68. The number of aromatic nitrogens is 3. The lowest BCUT2D eigenvalue weighted by Crippen LogP contribution is -2.26. The van der Waals surface area contributed by atoms with E-state index in [1.807, 2.05) is 12.1 Å². The zero-order valence-electron chi connectivity index (χ0n) is 17.0. The number of pyridine rings is 1. The van der Waals surface area contributed by atoms with Crippen molar-refractivity contribution in [3.63, 3.8) is 0 Å². The summed E-state index contributed by atoms with van der Waals surface area (Å²) in [5.74, 6) is -0.160. The third-order valence-electron chi connectivity index (χ3n) is 4.99. The van der Waals surface area contributed by atoms with Crippen molar-refractivity contribution < 1.29 is 9.72 Å². The number of amides is 1. The van der Waals surface area contributed by atoms with E-state index in [2.05, 4.69) is 20.3 Å². The van der Waals surface area contributed by atoms with E-state index in [0.717, 1.165) is 5.56 Å². The Morgan fingerprint density at radius 2 is 1.88 bits per heavy atom. The van der Waals surface area contributed by atoms with Gasteiger partial charge >= 0.3 is 0 Å². The van der Waals surface area contributed by atoms with E-state index in [1.165, 1.54) is 23.4 Å². The second-order valence-electron chi connectivity index (χ2n) is 7.00. The summed E-state index contributed by atoms with van der Waals surface area (Å²) >= 11 is 0. The summed E-state index contributed by atoms with van der Waals surface area (Å²) < 4.78 is 0. The van der Waals surface area contributed by atoms with Crippen LogP contribution in [0.15, 0.2) is 72.0 Å². The van der Waals surface area contributed by atoms with E-state index in [9.17, 15) is 19.7 Å². The van der Waals surface area contributed by atoms with E-state index in [1.54, 1.807) is 43.7 Å². The number of nitrogens with zero attached hydrogens (tertiary/aromatic N) is 4. The lowest BCUT2D eigenvalue weighted by Gasteiger charge is -2.18. The third-order valence-corrected chi connectivity index (χ3v) is 4.99. The Labute approximate surface area is 181 Å². The van der Waals surface area contributed by atoms with Gasteiger partial charge in [0.15, 0.2) is 0 Å². The van der Waals surface area contributed by atoms with Gasteiger partial charge in [0.05, 0.1) is 22.2 Å². The number of hydrogen-bond acceptors (Lipinski definition) is 7. The number of carbonyl (C=O) groups excluding carboxylic acids is 1. The average molecular weight is 430 g/mol. The molecule has 0 aliphatic carbocycles. The molecule has 2 aromatic heterocycles.